The van der Waals surface area contributed by atoms with Gasteiger partial charge in [0, 0.05) is 36.3 Å². The molecule has 0 radical (unpaired) electrons. The second kappa shape index (κ2) is 8.31. The Labute approximate surface area is 157 Å². The largest absolute Gasteiger partial charge is 0.497 e. The number of anilines is 1. The van der Waals surface area contributed by atoms with Crippen molar-refractivity contribution in [3.8, 4) is 5.75 Å². The maximum atomic E-state index is 11.8. The van der Waals surface area contributed by atoms with Crippen molar-refractivity contribution in [2.45, 2.75) is 12.5 Å². The monoisotopic (exact) mass is 364 g/mol. The zero-order chi connectivity index (χ0) is 19.2. The Morgan fingerprint density at radius 2 is 1.81 bits per heavy atom. The topological polar surface area (TPSA) is 79.7 Å². The van der Waals surface area contributed by atoms with Crippen molar-refractivity contribution < 1.29 is 19.4 Å². The van der Waals surface area contributed by atoms with Gasteiger partial charge in [-0.2, -0.15) is 0 Å². The summed E-state index contributed by atoms with van der Waals surface area (Å²) < 4.78 is 5.16. The van der Waals surface area contributed by atoms with E-state index in [2.05, 4.69) is 4.98 Å². The fourth-order valence-corrected chi connectivity index (χ4v) is 3.08. The van der Waals surface area contributed by atoms with Crippen molar-refractivity contribution in [3.05, 3.63) is 66.9 Å². The van der Waals surface area contributed by atoms with Crippen LogP contribution in [-0.4, -0.2) is 41.5 Å². The van der Waals surface area contributed by atoms with Gasteiger partial charge in [0.2, 0.25) is 0 Å². The van der Waals surface area contributed by atoms with E-state index in [0.717, 1.165) is 5.39 Å². The third-order valence-corrected chi connectivity index (χ3v) is 4.35. The number of hydrogen-bond acceptors (Lipinski definition) is 5. The van der Waals surface area contributed by atoms with Gasteiger partial charge >= 0.3 is 5.97 Å². The number of hydrogen-bond donors (Lipinski definition) is 1. The van der Waals surface area contributed by atoms with E-state index in [0.29, 0.717) is 23.5 Å². The highest BCUT2D eigenvalue weighted by Crippen LogP contribution is 2.32. The Morgan fingerprint density at radius 1 is 1.15 bits per heavy atom. The van der Waals surface area contributed by atoms with E-state index in [-0.39, 0.29) is 12.2 Å². The zero-order valence-corrected chi connectivity index (χ0v) is 14.9. The smallest absolute Gasteiger partial charge is 0.334 e. The molecule has 1 N–H and O–H groups in total. The van der Waals surface area contributed by atoms with Gasteiger partial charge in [-0.3, -0.25) is 9.78 Å². The molecule has 1 aromatic heterocycles. The predicted molar refractivity (Wildman–Crippen MR) is 103 cm³/mol. The first kappa shape index (κ1) is 18.4. The van der Waals surface area contributed by atoms with Gasteiger partial charge in [-0.25, -0.2) is 4.79 Å². The number of nitrogens with zero attached hydrogens (tertiary/aromatic N) is 2. The van der Waals surface area contributed by atoms with Crippen LogP contribution in [0.3, 0.4) is 0 Å². The number of carboxylic acid groups (broad SMARTS) is 1. The third kappa shape index (κ3) is 4.06. The standard InChI is InChI=1S/C15H14N2O4.C6H6/c1-21-9-2-3-10-11(8-9)16-6-4-12(10)17-7-5-13(18)14(17)15(19)20;1-2-4-6-5-3-1/h2-4,6,8,14H,5,7H2,1H3,(H,19,20);1-6H/t14-;/m0./s1. The lowest BCUT2D eigenvalue weighted by Gasteiger charge is -2.23. The minimum absolute atomic E-state index is 0.247. The molecular weight excluding hydrogens is 344 g/mol. The molecule has 6 heteroatoms. The fraction of sp³-hybridized carbons (Fsp3) is 0.190. The quantitative estimate of drug-likeness (QED) is 0.719. The van der Waals surface area contributed by atoms with Crippen LogP contribution >= 0.6 is 0 Å². The number of Topliss-reactive ketones (excluding diaryl/α,β-unsaturated/α-hetero) is 1. The van der Waals surface area contributed by atoms with Crippen LogP contribution in [0.1, 0.15) is 6.42 Å². The molecule has 0 spiro atoms. The van der Waals surface area contributed by atoms with Gasteiger partial charge < -0.3 is 14.7 Å². The molecule has 2 aromatic carbocycles. The Balaban J connectivity index is 0.000000299. The summed E-state index contributed by atoms with van der Waals surface area (Å²) in [6.45, 7) is 0.404. The van der Waals surface area contributed by atoms with Crippen molar-refractivity contribution in [2.24, 2.45) is 0 Å². The number of ether oxygens (including phenoxy) is 1. The van der Waals surface area contributed by atoms with Crippen LogP contribution < -0.4 is 9.64 Å². The first-order valence-electron chi connectivity index (χ1n) is 8.57. The van der Waals surface area contributed by atoms with E-state index in [1.807, 2.05) is 42.5 Å². The number of rotatable bonds is 3. The molecule has 2 heterocycles. The summed E-state index contributed by atoms with van der Waals surface area (Å²) in [4.78, 5) is 29.0. The van der Waals surface area contributed by atoms with Gasteiger partial charge in [-0.1, -0.05) is 36.4 Å². The summed E-state index contributed by atoms with van der Waals surface area (Å²) in [7, 11) is 1.57. The van der Waals surface area contributed by atoms with Gasteiger partial charge in [0.25, 0.3) is 0 Å². The van der Waals surface area contributed by atoms with Crippen molar-refractivity contribution in [3.63, 3.8) is 0 Å². The summed E-state index contributed by atoms with van der Waals surface area (Å²) >= 11 is 0. The maximum Gasteiger partial charge on any atom is 0.334 e. The lowest BCUT2D eigenvalue weighted by molar-refractivity contribution is -0.141. The fourth-order valence-electron chi connectivity index (χ4n) is 3.08. The summed E-state index contributed by atoms with van der Waals surface area (Å²) in [6.07, 6.45) is 1.86. The van der Waals surface area contributed by atoms with E-state index in [1.54, 1.807) is 36.4 Å². The molecule has 0 bridgehead atoms. The van der Waals surface area contributed by atoms with E-state index < -0.39 is 12.0 Å². The normalized spacial score (nSPS) is 16.0. The van der Waals surface area contributed by atoms with Gasteiger partial charge in [0.15, 0.2) is 11.8 Å². The number of fused-ring (bicyclic) bond motifs is 1. The molecule has 0 aliphatic carbocycles. The molecule has 0 saturated carbocycles. The maximum absolute atomic E-state index is 11.8. The van der Waals surface area contributed by atoms with E-state index in [9.17, 15) is 14.7 Å². The second-order valence-electron chi connectivity index (χ2n) is 6.02. The highest BCUT2D eigenvalue weighted by Gasteiger charge is 2.38. The lowest BCUT2D eigenvalue weighted by Crippen LogP contribution is -2.40. The molecule has 1 saturated heterocycles. The van der Waals surface area contributed by atoms with Crippen molar-refractivity contribution >= 4 is 28.3 Å². The Morgan fingerprint density at radius 3 is 2.41 bits per heavy atom. The van der Waals surface area contributed by atoms with Gasteiger partial charge in [-0.15, -0.1) is 0 Å². The minimum atomic E-state index is -1.11. The third-order valence-electron chi connectivity index (χ3n) is 4.35. The molecule has 27 heavy (non-hydrogen) atoms. The number of carboxylic acids is 1. The number of benzene rings is 2. The number of aliphatic carboxylic acids is 1. The molecule has 3 aromatic rings. The number of ketones is 1. The Bertz CT molecular complexity index is 917. The van der Waals surface area contributed by atoms with Crippen LogP contribution in [0.15, 0.2) is 66.9 Å². The summed E-state index contributed by atoms with van der Waals surface area (Å²) in [5.74, 6) is -0.698. The molecule has 138 valence electrons. The first-order valence-corrected chi connectivity index (χ1v) is 8.57. The highest BCUT2D eigenvalue weighted by molar-refractivity contribution is 6.09. The zero-order valence-electron chi connectivity index (χ0n) is 14.9. The average molecular weight is 364 g/mol. The van der Waals surface area contributed by atoms with Crippen LogP contribution in [0.5, 0.6) is 5.75 Å². The number of carbonyl (C=O) groups excluding carboxylic acids is 1. The number of carbonyl (C=O) groups is 2. The molecular formula is C21H20N2O4. The highest BCUT2D eigenvalue weighted by atomic mass is 16.5. The van der Waals surface area contributed by atoms with E-state index >= 15 is 0 Å². The SMILES string of the molecule is COc1ccc2c(N3CCC(=O)[C@H]3C(=O)O)ccnc2c1.c1ccccc1. The Hall–Kier alpha value is -3.41. The molecule has 1 fully saturated rings. The van der Waals surface area contributed by atoms with Crippen molar-refractivity contribution in [2.75, 3.05) is 18.6 Å². The first-order chi connectivity index (χ1) is 13.1. The van der Waals surface area contributed by atoms with Gasteiger partial charge in [-0.05, 0) is 18.2 Å². The van der Waals surface area contributed by atoms with Crippen molar-refractivity contribution in [1.82, 2.24) is 4.98 Å². The van der Waals surface area contributed by atoms with E-state index in [4.69, 9.17) is 4.74 Å². The number of methoxy groups -OCH3 is 1. The van der Waals surface area contributed by atoms with Gasteiger partial charge in [0.05, 0.1) is 12.6 Å². The van der Waals surface area contributed by atoms with Crippen LogP contribution in [0.4, 0.5) is 5.69 Å². The van der Waals surface area contributed by atoms with Crippen LogP contribution in [-0.2, 0) is 9.59 Å². The summed E-state index contributed by atoms with van der Waals surface area (Å²) in [5.41, 5.74) is 1.41. The minimum Gasteiger partial charge on any atom is -0.497 e. The summed E-state index contributed by atoms with van der Waals surface area (Å²) in [5, 5.41) is 10.1. The second-order valence-corrected chi connectivity index (χ2v) is 6.02. The lowest BCUT2D eigenvalue weighted by atomic mass is 10.1. The average Bonchev–Trinajstić information content (AvgIpc) is 3.10. The molecule has 6 nitrogen and oxygen atoms in total. The molecule has 1 aliphatic rings. The van der Waals surface area contributed by atoms with Gasteiger partial charge in [0.1, 0.15) is 5.75 Å². The number of pyridine rings is 1. The summed E-state index contributed by atoms with van der Waals surface area (Å²) in [6, 6.07) is 18.0. The van der Waals surface area contributed by atoms with Crippen LogP contribution in [0, 0.1) is 0 Å². The predicted octanol–water partition coefficient (Wildman–Crippen LogP) is 3.16. The molecule has 4 rings (SSSR count). The van der Waals surface area contributed by atoms with Crippen LogP contribution in [0.25, 0.3) is 10.9 Å². The molecule has 1 atom stereocenters. The molecule has 0 unspecified atom stereocenters. The Kier molecular flexibility index (Phi) is 5.66. The number of aromatic nitrogens is 1. The van der Waals surface area contributed by atoms with Crippen LogP contribution in [0.2, 0.25) is 0 Å². The molecule has 0 amide bonds. The van der Waals surface area contributed by atoms with E-state index in [1.165, 1.54) is 0 Å². The van der Waals surface area contributed by atoms with Crippen molar-refractivity contribution in [1.29, 1.82) is 0 Å². The molecule has 1 aliphatic heterocycles.